The number of hydrogen-bond acceptors (Lipinski definition) is 3. The van der Waals surface area contributed by atoms with Crippen LogP contribution in [0.1, 0.15) is 32.3 Å². The second-order valence-electron chi connectivity index (χ2n) is 5.65. The van der Waals surface area contributed by atoms with Gasteiger partial charge in [0.05, 0.1) is 4.90 Å². The molecular formula is C16H24N2O2S. The van der Waals surface area contributed by atoms with Crippen LogP contribution in [0.4, 0.5) is 0 Å². The third-order valence-electron chi connectivity index (χ3n) is 3.55. The van der Waals surface area contributed by atoms with Crippen LogP contribution in [-0.2, 0) is 16.6 Å². The van der Waals surface area contributed by atoms with Gasteiger partial charge in [-0.1, -0.05) is 37.3 Å². The quantitative estimate of drug-likeness (QED) is 0.751. The van der Waals surface area contributed by atoms with Crippen LogP contribution in [0.2, 0.25) is 0 Å². The predicted octanol–water partition coefficient (Wildman–Crippen LogP) is 2.53. The second kappa shape index (κ2) is 6.73. The largest absolute Gasteiger partial charge is 0.310 e. The van der Waals surface area contributed by atoms with Crippen molar-refractivity contribution in [3.05, 3.63) is 42.0 Å². The molecule has 0 radical (unpaired) electrons. The standard InChI is InChI=1S/C16H24N2O2S/c1-4-18(12-13(2)3)21(19,20)16-8-6-5-7-14(16)11-17-15-9-10-15/h5-8,15,17H,2,4,9-12H2,1,3H3. The van der Waals surface area contributed by atoms with E-state index in [2.05, 4.69) is 11.9 Å². The smallest absolute Gasteiger partial charge is 0.243 e. The predicted molar refractivity (Wildman–Crippen MR) is 85.6 cm³/mol. The van der Waals surface area contributed by atoms with Crippen LogP contribution >= 0.6 is 0 Å². The molecule has 1 aromatic carbocycles. The number of rotatable bonds is 8. The molecule has 0 unspecified atom stereocenters. The average Bonchev–Trinajstić information content (AvgIpc) is 3.26. The fourth-order valence-electron chi connectivity index (χ4n) is 2.25. The summed E-state index contributed by atoms with van der Waals surface area (Å²) < 4.78 is 27.2. The molecule has 0 spiro atoms. The van der Waals surface area contributed by atoms with Gasteiger partial charge in [0.2, 0.25) is 10.0 Å². The molecule has 0 amide bonds. The first-order valence-corrected chi connectivity index (χ1v) is 8.85. The summed E-state index contributed by atoms with van der Waals surface area (Å²) >= 11 is 0. The minimum absolute atomic E-state index is 0.364. The van der Waals surface area contributed by atoms with Crippen LogP contribution in [0, 0.1) is 0 Å². The lowest BCUT2D eigenvalue weighted by Gasteiger charge is -2.22. The van der Waals surface area contributed by atoms with Crippen LogP contribution in [0.25, 0.3) is 0 Å². The van der Waals surface area contributed by atoms with Gasteiger partial charge in [0, 0.05) is 25.7 Å². The number of benzene rings is 1. The van der Waals surface area contributed by atoms with Crippen LogP contribution in [0.15, 0.2) is 41.3 Å². The summed E-state index contributed by atoms with van der Waals surface area (Å²) in [6.07, 6.45) is 2.37. The Bertz CT molecular complexity index is 606. The molecule has 0 aliphatic heterocycles. The van der Waals surface area contributed by atoms with E-state index in [0.717, 1.165) is 11.1 Å². The number of sulfonamides is 1. The fourth-order valence-corrected chi connectivity index (χ4v) is 3.98. The van der Waals surface area contributed by atoms with Crippen molar-refractivity contribution in [3.8, 4) is 0 Å². The van der Waals surface area contributed by atoms with E-state index < -0.39 is 10.0 Å². The van der Waals surface area contributed by atoms with Gasteiger partial charge in [0.1, 0.15) is 0 Å². The maximum atomic E-state index is 12.8. The van der Waals surface area contributed by atoms with Gasteiger partial charge in [-0.2, -0.15) is 4.31 Å². The van der Waals surface area contributed by atoms with Crippen molar-refractivity contribution in [2.24, 2.45) is 0 Å². The van der Waals surface area contributed by atoms with Crippen molar-refractivity contribution in [1.29, 1.82) is 0 Å². The molecule has 1 saturated carbocycles. The number of hydrogen-bond donors (Lipinski definition) is 1. The molecule has 0 atom stereocenters. The van der Waals surface area contributed by atoms with Crippen molar-refractivity contribution in [2.45, 2.75) is 44.2 Å². The summed E-state index contributed by atoms with van der Waals surface area (Å²) in [7, 11) is -3.47. The minimum atomic E-state index is -3.47. The van der Waals surface area contributed by atoms with Gasteiger partial charge in [-0.15, -0.1) is 0 Å². The molecule has 1 aliphatic carbocycles. The van der Waals surface area contributed by atoms with Gasteiger partial charge in [-0.05, 0) is 31.4 Å². The minimum Gasteiger partial charge on any atom is -0.310 e. The highest BCUT2D eigenvalue weighted by molar-refractivity contribution is 7.89. The second-order valence-corrected chi connectivity index (χ2v) is 7.56. The molecule has 21 heavy (non-hydrogen) atoms. The summed E-state index contributed by atoms with van der Waals surface area (Å²) in [5.74, 6) is 0. The summed E-state index contributed by atoms with van der Waals surface area (Å²) in [4.78, 5) is 0.404. The zero-order valence-corrected chi connectivity index (χ0v) is 13.6. The lowest BCUT2D eigenvalue weighted by molar-refractivity contribution is 0.451. The molecule has 0 saturated heterocycles. The molecular weight excluding hydrogens is 284 g/mol. The topological polar surface area (TPSA) is 49.4 Å². The van der Waals surface area contributed by atoms with E-state index in [9.17, 15) is 8.42 Å². The molecule has 0 aromatic heterocycles. The van der Waals surface area contributed by atoms with Gasteiger partial charge in [0.25, 0.3) is 0 Å². The first-order chi connectivity index (χ1) is 9.95. The number of nitrogens with one attached hydrogen (secondary N) is 1. The SMILES string of the molecule is C=C(C)CN(CC)S(=O)(=O)c1ccccc1CNC1CC1. The van der Waals surface area contributed by atoms with E-state index in [1.165, 1.54) is 17.1 Å². The van der Waals surface area contributed by atoms with E-state index in [4.69, 9.17) is 0 Å². The van der Waals surface area contributed by atoms with Gasteiger partial charge in [-0.3, -0.25) is 0 Å². The molecule has 116 valence electrons. The first kappa shape index (κ1) is 16.2. The monoisotopic (exact) mass is 308 g/mol. The Labute approximate surface area is 127 Å². The van der Waals surface area contributed by atoms with Crippen LogP contribution < -0.4 is 5.32 Å². The Hall–Kier alpha value is -1.17. The van der Waals surface area contributed by atoms with E-state index in [0.29, 0.717) is 30.6 Å². The summed E-state index contributed by atoms with van der Waals surface area (Å²) in [5, 5.41) is 3.38. The van der Waals surface area contributed by atoms with Crippen molar-refractivity contribution in [2.75, 3.05) is 13.1 Å². The molecule has 1 fully saturated rings. The molecule has 4 nitrogen and oxygen atoms in total. The highest BCUT2D eigenvalue weighted by atomic mass is 32.2. The third-order valence-corrected chi connectivity index (χ3v) is 5.57. The van der Waals surface area contributed by atoms with Gasteiger partial charge in [0.15, 0.2) is 0 Å². The molecule has 5 heteroatoms. The number of likely N-dealkylation sites (N-methyl/N-ethyl adjacent to an activating group) is 1. The van der Waals surface area contributed by atoms with Crippen molar-refractivity contribution in [3.63, 3.8) is 0 Å². The summed E-state index contributed by atoms with van der Waals surface area (Å²) in [5.41, 5.74) is 1.68. The van der Waals surface area contributed by atoms with Crippen molar-refractivity contribution < 1.29 is 8.42 Å². The first-order valence-electron chi connectivity index (χ1n) is 7.41. The molecule has 0 heterocycles. The molecule has 1 aliphatic rings. The van der Waals surface area contributed by atoms with Crippen molar-refractivity contribution in [1.82, 2.24) is 9.62 Å². The highest BCUT2D eigenvalue weighted by Gasteiger charge is 2.26. The van der Waals surface area contributed by atoms with Crippen LogP contribution in [-0.4, -0.2) is 31.9 Å². The Morgan fingerprint density at radius 3 is 2.62 bits per heavy atom. The Morgan fingerprint density at radius 2 is 2.05 bits per heavy atom. The molecule has 1 N–H and O–H groups in total. The van der Waals surface area contributed by atoms with E-state index >= 15 is 0 Å². The normalized spacial score (nSPS) is 15.4. The maximum absolute atomic E-state index is 12.8. The Balaban J connectivity index is 2.26. The molecule has 2 rings (SSSR count). The summed E-state index contributed by atoms with van der Waals surface area (Å²) in [6, 6.07) is 7.80. The van der Waals surface area contributed by atoms with E-state index in [1.54, 1.807) is 12.1 Å². The lowest BCUT2D eigenvalue weighted by Crippen LogP contribution is -2.33. The van der Waals surface area contributed by atoms with E-state index in [1.807, 2.05) is 26.0 Å². The fraction of sp³-hybridized carbons (Fsp3) is 0.500. The molecule has 0 bridgehead atoms. The van der Waals surface area contributed by atoms with Crippen molar-refractivity contribution >= 4 is 10.0 Å². The zero-order chi connectivity index (χ0) is 15.5. The Morgan fingerprint density at radius 1 is 1.38 bits per heavy atom. The third kappa shape index (κ3) is 4.15. The van der Waals surface area contributed by atoms with Crippen LogP contribution in [0.5, 0.6) is 0 Å². The Kier molecular flexibility index (Phi) is 5.19. The highest BCUT2D eigenvalue weighted by Crippen LogP contribution is 2.23. The number of nitrogens with zero attached hydrogens (tertiary/aromatic N) is 1. The maximum Gasteiger partial charge on any atom is 0.243 e. The molecule has 1 aromatic rings. The zero-order valence-electron chi connectivity index (χ0n) is 12.8. The van der Waals surface area contributed by atoms with Gasteiger partial charge in [-0.25, -0.2) is 8.42 Å². The average molecular weight is 308 g/mol. The van der Waals surface area contributed by atoms with E-state index in [-0.39, 0.29) is 0 Å². The lowest BCUT2D eigenvalue weighted by atomic mass is 10.2. The summed E-state index contributed by atoms with van der Waals surface area (Å²) in [6.45, 7) is 8.93. The van der Waals surface area contributed by atoms with Gasteiger partial charge < -0.3 is 5.32 Å². The van der Waals surface area contributed by atoms with Crippen LogP contribution in [0.3, 0.4) is 0 Å². The van der Waals surface area contributed by atoms with Gasteiger partial charge >= 0.3 is 0 Å².